The number of hydrogen-bond donors (Lipinski definition) is 1. The van der Waals surface area contributed by atoms with Crippen LogP contribution in [-0.2, 0) is 6.42 Å². The standard InChI is InChI=1S/C14H15F6O2P/c1-11(2)6-8-4-3-5-9(10(8)22-11)23-7-12(21,13(15,16)17)14(18,19)20/h3-5,21,23H,6-7H2,1-2H3. The average Bonchev–Trinajstić information content (AvgIpc) is 2.67. The van der Waals surface area contributed by atoms with E-state index in [1.54, 1.807) is 26.0 Å². The summed E-state index contributed by atoms with van der Waals surface area (Å²) in [6.45, 7) is 3.56. The Hall–Kier alpha value is -1.01. The van der Waals surface area contributed by atoms with Crippen molar-refractivity contribution < 1.29 is 36.2 Å². The van der Waals surface area contributed by atoms with Gasteiger partial charge in [-0.25, -0.2) is 0 Å². The van der Waals surface area contributed by atoms with Crippen molar-refractivity contribution in [2.45, 2.75) is 43.8 Å². The molecule has 2 rings (SSSR count). The minimum atomic E-state index is -5.80. The van der Waals surface area contributed by atoms with E-state index in [1.807, 2.05) is 0 Å². The summed E-state index contributed by atoms with van der Waals surface area (Å²) in [6, 6.07) is 4.70. The molecule has 0 bridgehead atoms. The number of rotatable bonds is 3. The molecule has 0 amide bonds. The first-order valence-electron chi connectivity index (χ1n) is 6.67. The number of benzene rings is 1. The Morgan fingerprint density at radius 2 is 1.70 bits per heavy atom. The first kappa shape index (κ1) is 18.3. The van der Waals surface area contributed by atoms with Crippen LogP contribution in [0, 0.1) is 0 Å². The Morgan fingerprint density at radius 1 is 1.13 bits per heavy atom. The average molecular weight is 360 g/mol. The van der Waals surface area contributed by atoms with Crippen LogP contribution in [0.4, 0.5) is 26.3 Å². The molecule has 0 saturated carbocycles. The minimum Gasteiger partial charge on any atom is -0.487 e. The lowest BCUT2D eigenvalue weighted by molar-refractivity contribution is -0.358. The summed E-state index contributed by atoms with van der Waals surface area (Å²) in [5, 5.41) is 9.46. The third-order valence-corrected chi connectivity index (χ3v) is 5.03. The first-order chi connectivity index (χ1) is 10.3. The monoisotopic (exact) mass is 360 g/mol. The van der Waals surface area contributed by atoms with E-state index < -0.39 is 38.3 Å². The quantitative estimate of drug-likeness (QED) is 0.660. The fourth-order valence-corrected chi connectivity index (χ4v) is 3.77. The second-order valence-electron chi connectivity index (χ2n) is 6.04. The van der Waals surface area contributed by atoms with Gasteiger partial charge in [-0.1, -0.05) is 26.8 Å². The van der Waals surface area contributed by atoms with Gasteiger partial charge in [0.05, 0.1) is 0 Å². The summed E-state index contributed by atoms with van der Waals surface area (Å²) < 4.78 is 81.8. The lowest BCUT2D eigenvalue weighted by Gasteiger charge is -2.32. The molecule has 0 radical (unpaired) electrons. The van der Waals surface area contributed by atoms with Gasteiger partial charge in [0.25, 0.3) is 5.60 Å². The van der Waals surface area contributed by atoms with Gasteiger partial charge in [-0.15, -0.1) is 0 Å². The van der Waals surface area contributed by atoms with Gasteiger partial charge in [0.2, 0.25) is 0 Å². The predicted octanol–water partition coefficient (Wildman–Crippen LogP) is 3.56. The highest BCUT2D eigenvalue weighted by Gasteiger charge is 2.69. The van der Waals surface area contributed by atoms with Crippen molar-refractivity contribution in [1.29, 1.82) is 0 Å². The molecular weight excluding hydrogens is 345 g/mol. The number of alkyl halides is 6. The molecule has 0 saturated heterocycles. The molecule has 0 spiro atoms. The predicted molar refractivity (Wildman–Crippen MR) is 74.7 cm³/mol. The summed E-state index contributed by atoms with van der Waals surface area (Å²) in [5.74, 6) is 0.322. The lowest BCUT2D eigenvalue weighted by atomic mass is 10.0. The maximum atomic E-state index is 12.7. The maximum absolute atomic E-state index is 12.7. The largest absolute Gasteiger partial charge is 0.487 e. The normalized spacial score (nSPS) is 18.3. The topological polar surface area (TPSA) is 29.5 Å². The molecule has 0 aromatic heterocycles. The number of halogens is 6. The van der Waals surface area contributed by atoms with Crippen LogP contribution in [-0.4, -0.2) is 34.8 Å². The third kappa shape index (κ3) is 3.43. The van der Waals surface area contributed by atoms with Crippen LogP contribution in [0.2, 0.25) is 0 Å². The van der Waals surface area contributed by atoms with Gasteiger partial charge in [0.15, 0.2) is 0 Å². The first-order valence-corrected chi connectivity index (χ1v) is 7.88. The Labute approximate surface area is 130 Å². The fourth-order valence-electron chi connectivity index (χ4n) is 2.34. The zero-order chi connectivity index (χ0) is 17.7. The van der Waals surface area contributed by atoms with Crippen LogP contribution in [0.1, 0.15) is 19.4 Å². The molecule has 130 valence electrons. The summed E-state index contributed by atoms with van der Waals surface area (Å²) in [4.78, 5) is 0. The number of para-hydroxylation sites is 1. The van der Waals surface area contributed by atoms with E-state index in [9.17, 15) is 31.4 Å². The smallest absolute Gasteiger partial charge is 0.426 e. The van der Waals surface area contributed by atoms with Crippen molar-refractivity contribution in [2.75, 3.05) is 6.16 Å². The molecule has 1 heterocycles. The molecule has 9 heteroatoms. The van der Waals surface area contributed by atoms with E-state index in [2.05, 4.69) is 0 Å². The molecule has 1 aliphatic heterocycles. The Bertz CT molecular complexity index is 580. The van der Waals surface area contributed by atoms with Crippen LogP contribution in [0.25, 0.3) is 0 Å². The van der Waals surface area contributed by atoms with Crippen molar-refractivity contribution in [3.05, 3.63) is 23.8 Å². The van der Waals surface area contributed by atoms with Gasteiger partial charge in [0, 0.05) is 17.9 Å². The van der Waals surface area contributed by atoms with E-state index in [4.69, 9.17) is 4.74 Å². The highest BCUT2D eigenvalue weighted by molar-refractivity contribution is 7.47. The second kappa shape index (κ2) is 5.52. The van der Waals surface area contributed by atoms with Crippen molar-refractivity contribution in [1.82, 2.24) is 0 Å². The summed E-state index contributed by atoms with van der Waals surface area (Å²) in [7, 11) is -0.894. The molecule has 1 aromatic carbocycles. The number of hydrogen-bond acceptors (Lipinski definition) is 2. The van der Waals surface area contributed by atoms with Crippen molar-refractivity contribution in [3.63, 3.8) is 0 Å². The van der Waals surface area contributed by atoms with Crippen LogP contribution >= 0.6 is 8.58 Å². The zero-order valence-corrected chi connectivity index (χ0v) is 13.3. The van der Waals surface area contributed by atoms with Gasteiger partial charge in [-0.05, 0) is 19.4 Å². The Kier molecular flexibility index (Phi) is 4.40. The van der Waals surface area contributed by atoms with Crippen molar-refractivity contribution in [2.24, 2.45) is 0 Å². The summed E-state index contributed by atoms with van der Waals surface area (Å²) >= 11 is 0. The van der Waals surface area contributed by atoms with E-state index in [-0.39, 0.29) is 5.30 Å². The van der Waals surface area contributed by atoms with Crippen LogP contribution < -0.4 is 10.0 Å². The second-order valence-corrected chi connectivity index (χ2v) is 7.29. The minimum absolute atomic E-state index is 0.250. The van der Waals surface area contributed by atoms with Gasteiger partial charge in [-0.2, -0.15) is 26.3 Å². The molecule has 1 atom stereocenters. The molecule has 2 nitrogen and oxygen atoms in total. The van der Waals surface area contributed by atoms with Gasteiger partial charge in [-0.3, -0.25) is 0 Å². The third-order valence-electron chi connectivity index (χ3n) is 3.56. The number of aliphatic hydroxyl groups is 1. The molecule has 23 heavy (non-hydrogen) atoms. The molecule has 0 aliphatic carbocycles. The molecule has 0 fully saturated rings. The van der Waals surface area contributed by atoms with Crippen LogP contribution in [0.15, 0.2) is 18.2 Å². The SMILES string of the molecule is CC1(C)Cc2cccc(PCC(O)(C(F)(F)F)C(F)(F)F)c2O1. The van der Waals surface area contributed by atoms with Crippen molar-refractivity contribution >= 4 is 13.9 Å². The van der Waals surface area contributed by atoms with E-state index in [0.29, 0.717) is 12.2 Å². The highest BCUT2D eigenvalue weighted by atomic mass is 31.1. The molecular formula is C14H15F6O2P. The van der Waals surface area contributed by atoms with E-state index in [1.165, 1.54) is 6.07 Å². The molecule has 1 aliphatic rings. The zero-order valence-electron chi connectivity index (χ0n) is 12.3. The van der Waals surface area contributed by atoms with Gasteiger partial charge < -0.3 is 9.84 Å². The maximum Gasteiger partial charge on any atom is 0.426 e. The van der Waals surface area contributed by atoms with Gasteiger partial charge >= 0.3 is 12.4 Å². The van der Waals surface area contributed by atoms with E-state index in [0.717, 1.165) is 5.56 Å². The molecule has 1 unspecified atom stereocenters. The molecule has 1 N–H and O–H groups in total. The molecule has 1 aromatic rings. The van der Waals surface area contributed by atoms with Crippen molar-refractivity contribution in [3.8, 4) is 5.75 Å². The van der Waals surface area contributed by atoms with Gasteiger partial charge in [0.1, 0.15) is 11.4 Å². The number of fused-ring (bicyclic) bond motifs is 1. The summed E-state index contributed by atoms with van der Waals surface area (Å²) in [5.41, 5.74) is -4.55. The highest BCUT2D eigenvalue weighted by Crippen LogP contribution is 2.46. The van der Waals surface area contributed by atoms with Crippen LogP contribution in [0.3, 0.4) is 0 Å². The lowest BCUT2D eigenvalue weighted by Crippen LogP contribution is -2.58. The number of ether oxygens (including phenoxy) is 1. The van der Waals surface area contributed by atoms with Crippen LogP contribution in [0.5, 0.6) is 5.75 Å². The Morgan fingerprint density at radius 3 is 2.22 bits per heavy atom. The Balaban J connectivity index is 2.27. The van der Waals surface area contributed by atoms with E-state index >= 15 is 0 Å². The summed E-state index contributed by atoms with van der Waals surface area (Å²) in [6.07, 6.45) is -12.6. The fraction of sp³-hybridized carbons (Fsp3) is 0.571.